The fourth-order valence-corrected chi connectivity index (χ4v) is 6.30. The Balaban J connectivity index is 1.02. The number of fused-ring (bicyclic) bond motifs is 2. The number of urea groups is 1. The molecule has 4 aromatic carbocycles. The van der Waals surface area contributed by atoms with Gasteiger partial charge in [0.05, 0.1) is 40.8 Å². The first-order valence-electron chi connectivity index (χ1n) is 15.2. The lowest BCUT2D eigenvalue weighted by atomic mass is 9.89. The third-order valence-electron chi connectivity index (χ3n) is 8.66. The number of carbonyl (C=O) groups excluding carboxylic acids is 1. The van der Waals surface area contributed by atoms with E-state index in [1.165, 1.54) is 15.9 Å². The van der Waals surface area contributed by atoms with Crippen molar-refractivity contribution in [1.82, 2.24) is 40.4 Å². The second-order valence-corrected chi connectivity index (χ2v) is 11.7. The number of hydrogen-bond donors (Lipinski definition) is 1. The molecule has 0 bridgehead atoms. The van der Waals surface area contributed by atoms with E-state index in [0.717, 1.165) is 83.0 Å². The van der Waals surface area contributed by atoms with Crippen molar-refractivity contribution >= 4 is 28.4 Å². The average Bonchev–Trinajstić information content (AvgIpc) is 3.69. The van der Waals surface area contributed by atoms with E-state index in [2.05, 4.69) is 79.5 Å². The van der Waals surface area contributed by atoms with Crippen molar-refractivity contribution in [1.29, 1.82) is 0 Å². The number of benzene rings is 4. The van der Waals surface area contributed by atoms with Crippen molar-refractivity contribution in [2.75, 3.05) is 18.4 Å². The molecule has 10 heteroatoms. The predicted molar refractivity (Wildman–Crippen MR) is 173 cm³/mol. The molecule has 0 unspecified atom stereocenters. The Kier molecular flexibility index (Phi) is 6.76. The number of aromatic nitrogens is 6. The maximum absolute atomic E-state index is 11.6. The maximum atomic E-state index is 11.6. The first-order valence-corrected chi connectivity index (χ1v) is 15.2. The topological polar surface area (TPSA) is 116 Å². The lowest BCUT2D eigenvalue weighted by Gasteiger charge is -2.32. The molecule has 0 atom stereocenters. The number of tetrazole rings is 1. The molecule has 10 nitrogen and oxygen atoms in total. The molecule has 4 heterocycles. The molecule has 1 N–H and O–H groups in total. The first-order chi connectivity index (χ1) is 22.1. The van der Waals surface area contributed by atoms with Crippen LogP contribution in [0.2, 0.25) is 0 Å². The largest absolute Gasteiger partial charge is 0.346 e. The third kappa shape index (κ3) is 5.40. The number of carbonyl (C=O) groups is 1. The normalized spacial score (nSPS) is 15.2. The van der Waals surface area contributed by atoms with Gasteiger partial charge >= 0.3 is 6.03 Å². The minimum atomic E-state index is -0.281. The maximum Gasteiger partial charge on any atom is 0.346 e. The molecule has 0 spiro atoms. The Morgan fingerprint density at radius 3 is 2.29 bits per heavy atom. The zero-order chi connectivity index (χ0) is 30.3. The van der Waals surface area contributed by atoms with Crippen LogP contribution >= 0.6 is 0 Å². The molecular weight excluding hydrogens is 562 g/mol. The second-order valence-electron chi connectivity index (χ2n) is 11.7. The van der Waals surface area contributed by atoms with E-state index in [9.17, 15) is 4.79 Å². The Morgan fingerprint density at radius 2 is 1.53 bits per heavy atom. The highest BCUT2D eigenvalue weighted by atomic mass is 16.2. The van der Waals surface area contributed by atoms with Crippen molar-refractivity contribution in [3.05, 3.63) is 102 Å². The monoisotopic (exact) mass is 592 g/mol. The van der Waals surface area contributed by atoms with Crippen LogP contribution in [0.25, 0.3) is 44.9 Å². The van der Waals surface area contributed by atoms with Crippen molar-refractivity contribution in [2.45, 2.75) is 25.3 Å². The minimum Gasteiger partial charge on any atom is -0.304 e. The van der Waals surface area contributed by atoms with Crippen molar-refractivity contribution < 1.29 is 4.79 Å². The summed E-state index contributed by atoms with van der Waals surface area (Å²) >= 11 is 0. The number of piperidine rings is 1. The molecule has 6 aromatic rings. The van der Waals surface area contributed by atoms with Gasteiger partial charge in [0.15, 0.2) is 0 Å². The minimum absolute atomic E-state index is 0.281. The zero-order valence-electron chi connectivity index (χ0n) is 24.8. The van der Waals surface area contributed by atoms with Gasteiger partial charge in [0.1, 0.15) is 0 Å². The van der Waals surface area contributed by atoms with Gasteiger partial charge in [-0.2, -0.15) is 10.1 Å². The summed E-state index contributed by atoms with van der Waals surface area (Å²) in [5, 5.41) is 19.3. The van der Waals surface area contributed by atoms with E-state index >= 15 is 0 Å². The molecule has 2 amide bonds. The van der Waals surface area contributed by atoms with Gasteiger partial charge in [0.2, 0.25) is 5.82 Å². The van der Waals surface area contributed by atoms with Crippen molar-refractivity contribution in [3.8, 4) is 33.9 Å². The van der Waals surface area contributed by atoms with Crippen LogP contribution in [-0.4, -0.2) is 54.2 Å². The van der Waals surface area contributed by atoms with Gasteiger partial charge < -0.3 is 5.32 Å². The molecule has 2 aliphatic rings. The molecule has 1 saturated heterocycles. The predicted octanol–water partition coefficient (Wildman–Crippen LogP) is 6.32. The number of anilines is 1. The van der Waals surface area contributed by atoms with Gasteiger partial charge in [-0.25, -0.2) is 14.8 Å². The van der Waals surface area contributed by atoms with Crippen LogP contribution in [0, 0.1) is 0 Å². The number of amides is 2. The highest BCUT2D eigenvalue weighted by Gasteiger charge is 2.24. The summed E-state index contributed by atoms with van der Waals surface area (Å²) in [5.74, 6) is 1.03. The average molecular weight is 593 g/mol. The van der Waals surface area contributed by atoms with E-state index < -0.39 is 0 Å². The van der Waals surface area contributed by atoms with Crippen LogP contribution in [-0.2, 0) is 13.6 Å². The van der Waals surface area contributed by atoms with Crippen LogP contribution < -0.4 is 10.6 Å². The molecule has 8 rings (SSSR count). The fraction of sp³-hybridized carbons (Fsp3) is 0.200. The summed E-state index contributed by atoms with van der Waals surface area (Å²) in [6.45, 7) is 2.94. The van der Waals surface area contributed by atoms with E-state index in [-0.39, 0.29) is 6.03 Å². The Hall–Kier alpha value is -5.48. The Morgan fingerprint density at radius 1 is 0.800 bits per heavy atom. The molecule has 0 aliphatic carbocycles. The van der Waals surface area contributed by atoms with Gasteiger partial charge in [-0.15, -0.1) is 10.2 Å². The molecule has 1 radical (unpaired) electrons. The third-order valence-corrected chi connectivity index (χ3v) is 8.66. The van der Waals surface area contributed by atoms with Crippen LogP contribution in [0.3, 0.4) is 0 Å². The molecule has 2 aromatic heterocycles. The Bertz CT molecular complexity index is 2030. The summed E-state index contributed by atoms with van der Waals surface area (Å²) in [6, 6.07) is 30.7. The summed E-state index contributed by atoms with van der Waals surface area (Å²) in [4.78, 5) is 25.8. The smallest absolute Gasteiger partial charge is 0.304 e. The number of aryl methyl sites for hydroxylation is 1. The molecular formula is C35H30N9O. The molecule has 2 aliphatic heterocycles. The molecule has 45 heavy (non-hydrogen) atoms. The van der Waals surface area contributed by atoms with Crippen LogP contribution in [0.15, 0.2) is 91.0 Å². The van der Waals surface area contributed by atoms with Gasteiger partial charge in [-0.3, -0.25) is 4.90 Å². The summed E-state index contributed by atoms with van der Waals surface area (Å²) in [5.41, 5.74) is 10.3. The second kappa shape index (κ2) is 11.2. The molecule has 0 saturated carbocycles. The van der Waals surface area contributed by atoms with E-state index in [1.807, 2.05) is 42.5 Å². The summed E-state index contributed by atoms with van der Waals surface area (Å²) < 4.78 is 0. The number of likely N-dealkylation sites (tertiary alicyclic amines) is 1. The molecule has 221 valence electrons. The lowest BCUT2D eigenvalue weighted by molar-refractivity contribution is 0.204. The number of hydrogen-bond acceptors (Lipinski definition) is 7. The number of nitrogens with zero attached hydrogens (tertiary/aromatic N) is 8. The van der Waals surface area contributed by atoms with Gasteiger partial charge in [0, 0.05) is 23.2 Å². The van der Waals surface area contributed by atoms with Crippen molar-refractivity contribution in [3.63, 3.8) is 0 Å². The quantitative estimate of drug-likeness (QED) is 0.241. The number of rotatable bonds is 6. The fourth-order valence-electron chi connectivity index (χ4n) is 6.30. The van der Waals surface area contributed by atoms with Crippen LogP contribution in [0.4, 0.5) is 16.2 Å². The number of nitrogens with one attached hydrogen (secondary N) is 1. The van der Waals surface area contributed by atoms with E-state index in [1.54, 1.807) is 7.05 Å². The summed E-state index contributed by atoms with van der Waals surface area (Å²) in [6.07, 6.45) is 2.16. The highest BCUT2D eigenvalue weighted by molar-refractivity contribution is 6.02. The SMILES string of the molecule is Cn1nnc(-c2ccc3nc(-c4ccccc4)c(-c4ccc(CN5CCC(c6ccc7c(c6)[N]C(=O)N7)CC5)cc4)nc3c2)n1. The van der Waals surface area contributed by atoms with Gasteiger partial charge in [-0.1, -0.05) is 60.7 Å². The zero-order valence-corrected chi connectivity index (χ0v) is 24.8. The van der Waals surface area contributed by atoms with Gasteiger partial charge in [-0.05, 0) is 78.5 Å². The lowest BCUT2D eigenvalue weighted by Crippen LogP contribution is -2.32. The van der Waals surface area contributed by atoms with Crippen LogP contribution in [0.5, 0.6) is 0 Å². The van der Waals surface area contributed by atoms with Crippen LogP contribution in [0.1, 0.15) is 29.9 Å². The van der Waals surface area contributed by atoms with E-state index in [0.29, 0.717) is 11.7 Å². The van der Waals surface area contributed by atoms with Gasteiger partial charge in [0.25, 0.3) is 0 Å². The molecule has 1 fully saturated rings. The Labute approximate surface area is 260 Å². The van der Waals surface area contributed by atoms with E-state index in [4.69, 9.17) is 9.97 Å². The first kappa shape index (κ1) is 27.1. The standard InChI is InChI=1S/C35H30N9O/c1-43-41-34(40-42-43)27-12-14-28-30(20-27)37-33(32(36-28)24-5-3-2-4-6-24)25-9-7-22(8-10-25)21-44-17-15-23(16-18-44)26-11-13-29-31(19-26)39-35(45)38-29/h2-14,19-20,23H,15-18,21H2,1H3,(H,38,45). The summed E-state index contributed by atoms with van der Waals surface area (Å²) in [7, 11) is 1.75. The highest BCUT2D eigenvalue weighted by Crippen LogP contribution is 2.36. The van der Waals surface area contributed by atoms with Crippen molar-refractivity contribution in [2.24, 2.45) is 7.05 Å².